The molecular formula is C17H26N3O2+. The second-order valence-electron chi connectivity index (χ2n) is 6.03. The van der Waals surface area contributed by atoms with Gasteiger partial charge in [0.2, 0.25) is 0 Å². The Bertz CT molecular complexity index is 537. The van der Waals surface area contributed by atoms with Gasteiger partial charge in [0.25, 0.3) is 0 Å². The second kappa shape index (κ2) is 7.40. The molecule has 0 spiro atoms. The minimum absolute atomic E-state index is 0.432. The molecule has 1 aliphatic rings. The quantitative estimate of drug-likeness (QED) is 0.706. The van der Waals surface area contributed by atoms with Crippen molar-refractivity contribution in [1.29, 1.82) is 0 Å². The molecule has 5 heteroatoms. The molecule has 1 unspecified atom stereocenters. The van der Waals surface area contributed by atoms with Crippen LogP contribution in [-0.2, 0) is 9.59 Å². The van der Waals surface area contributed by atoms with Crippen LogP contribution < -0.4 is 15.5 Å². The zero-order valence-electron chi connectivity index (χ0n) is 13.7. The van der Waals surface area contributed by atoms with Gasteiger partial charge in [-0.05, 0) is 31.9 Å². The van der Waals surface area contributed by atoms with Gasteiger partial charge in [0.1, 0.15) is 6.04 Å². The summed E-state index contributed by atoms with van der Waals surface area (Å²) in [6.45, 7) is 8.79. The first-order chi connectivity index (χ1) is 10.5. The summed E-state index contributed by atoms with van der Waals surface area (Å²) in [6.07, 6.45) is 2.31. The lowest BCUT2D eigenvalue weighted by Crippen LogP contribution is -3.14. The van der Waals surface area contributed by atoms with Gasteiger partial charge in [-0.3, -0.25) is 9.59 Å². The molecule has 0 saturated carbocycles. The second-order valence-corrected chi connectivity index (χ2v) is 6.03. The third kappa shape index (κ3) is 3.85. The highest BCUT2D eigenvalue weighted by Gasteiger charge is 2.28. The summed E-state index contributed by atoms with van der Waals surface area (Å²) in [5, 5.41) is 5.50. The Kier molecular flexibility index (Phi) is 5.55. The van der Waals surface area contributed by atoms with E-state index in [1.807, 2.05) is 32.0 Å². The van der Waals surface area contributed by atoms with Crippen LogP contribution in [-0.4, -0.2) is 37.5 Å². The molecule has 1 aromatic rings. The first kappa shape index (κ1) is 16.5. The third-order valence-corrected chi connectivity index (χ3v) is 4.52. The van der Waals surface area contributed by atoms with Crippen molar-refractivity contribution >= 4 is 17.5 Å². The number of benzene rings is 1. The molecule has 0 aromatic heterocycles. The van der Waals surface area contributed by atoms with Crippen LogP contribution in [0.1, 0.15) is 30.9 Å². The average molecular weight is 304 g/mol. The SMILES string of the molecule is CC[NH+]1CCC[C@@H]1CNC(=O)C(=O)Nc1c(C)cccc1C. The maximum atomic E-state index is 12.0. The molecule has 2 rings (SSSR count). The van der Waals surface area contributed by atoms with E-state index in [9.17, 15) is 9.59 Å². The molecule has 1 heterocycles. The van der Waals surface area contributed by atoms with Crippen molar-refractivity contribution in [2.24, 2.45) is 0 Å². The number of likely N-dealkylation sites (tertiary alicyclic amines) is 1. The summed E-state index contributed by atoms with van der Waals surface area (Å²) in [4.78, 5) is 25.5. The van der Waals surface area contributed by atoms with E-state index in [1.165, 1.54) is 11.3 Å². The third-order valence-electron chi connectivity index (χ3n) is 4.52. The number of hydrogen-bond donors (Lipinski definition) is 3. The molecule has 0 radical (unpaired) electrons. The number of amides is 2. The van der Waals surface area contributed by atoms with Crippen LogP contribution in [0.3, 0.4) is 0 Å². The molecule has 120 valence electrons. The number of likely N-dealkylation sites (N-methyl/N-ethyl adjacent to an activating group) is 1. The number of anilines is 1. The largest absolute Gasteiger partial charge is 0.342 e. The van der Waals surface area contributed by atoms with Crippen molar-refractivity contribution in [3.05, 3.63) is 29.3 Å². The van der Waals surface area contributed by atoms with Crippen molar-refractivity contribution in [3.63, 3.8) is 0 Å². The van der Waals surface area contributed by atoms with Crippen molar-refractivity contribution in [2.75, 3.05) is 25.0 Å². The van der Waals surface area contributed by atoms with Crippen LogP contribution in [0.2, 0.25) is 0 Å². The van der Waals surface area contributed by atoms with Crippen molar-refractivity contribution in [3.8, 4) is 0 Å². The summed E-state index contributed by atoms with van der Waals surface area (Å²) in [5.74, 6) is -1.14. The van der Waals surface area contributed by atoms with Crippen molar-refractivity contribution in [2.45, 2.75) is 39.7 Å². The smallest absolute Gasteiger partial charge is 0.313 e. The number of rotatable bonds is 4. The molecule has 2 atom stereocenters. The summed E-state index contributed by atoms with van der Waals surface area (Å²) in [6, 6.07) is 6.20. The van der Waals surface area contributed by atoms with Gasteiger partial charge < -0.3 is 15.5 Å². The predicted molar refractivity (Wildman–Crippen MR) is 86.9 cm³/mol. The number of carbonyl (C=O) groups excluding carboxylic acids is 2. The van der Waals surface area contributed by atoms with Gasteiger partial charge in [0.15, 0.2) is 0 Å². The lowest BCUT2D eigenvalue weighted by Gasteiger charge is -2.20. The highest BCUT2D eigenvalue weighted by Crippen LogP contribution is 2.19. The lowest BCUT2D eigenvalue weighted by molar-refractivity contribution is -0.909. The monoisotopic (exact) mass is 304 g/mol. The van der Waals surface area contributed by atoms with Crippen LogP contribution in [0.5, 0.6) is 0 Å². The number of aryl methyl sites for hydroxylation is 2. The Balaban J connectivity index is 1.89. The first-order valence-corrected chi connectivity index (χ1v) is 8.03. The zero-order chi connectivity index (χ0) is 16.1. The van der Waals surface area contributed by atoms with E-state index in [2.05, 4.69) is 17.6 Å². The van der Waals surface area contributed by atoms with E-state index < -0.39 is 11.8 Å². The van der Waals surface area contributed by atoms with Gasteiger partial charge in [0.05, 0.1) is 19.6 Å². The minimum Gasteiger partial charge on any atom is -0.342 e. The Hall–Kier alpha value is -1.88. The van der Waals surface area contributed by atoms with E-state index >= 15 is 0 Å². The molecule has 0 bridgehead atoms. The fraction of sp³-hybridized carbons (Fsp3) is 0.529. The van der Waals surface area contributed by atoms with Crippen molar-refractivity contribution < 1.29 is 14.5 Å². The van der Waals surface area contributed by atoms with Crippen LogP contribution in [0, 0.1) is 13.8 Å². The summed E-state index contributed by atoms with van der Waals surface area (Å²) in [5.41, 5.74) is 2.64. The molecule has 22 heavy (non-hydrogen) atoms. The molecule has 1 aliphatic heterocycles. The molecule has 1 aromatic carbocycles. The maximum Gasteiger partial charge on any atom is 0.313 e. The van der Waals surface area contributed by atoms with E-state index in [1.54, 1.807) is 0 Å². The van der Waals surface area contributed by atoms with Gasteiger partial charge in [-0.25, -0.2) is 0 Å². The molecule has 0 aliphatic carbocycles. The summed E-state index contributed by atoms with van der Waals surface area (Å²) in [7, 11) is 0. The van der Waals surface area contributed by atoms with Gasteiger partial charge >= 0.3 is 11.8 Å². The van der Waals surface area contributed by atoms with E-state index in [0.29, 0.717) is 12.6 Å². The van der Waals surface area contributed by atoms with Crippen LogP contribution >= 0.6 is 0 Å². The highest BCUT2D eigenvalue weighted by atomic mass is 16.2. The van der Waals surface area contributed by atoms with Gasteiger partial charge in [-0.2, -0.15) is 0 Å². The van der Waals surface area contributed by atoms with E-state index in [0.717, 1.165) is 36.3 Å². The molecule has 5 nitrogen and oxygen atoms in total. The lowest BCUT2D eigenvalue weighted by atomic mass is 10.1. The Labute approximate surface area is 132 Å². The number of para-hydroxylation sites is 1. The Morgan fingerprint density at radius 3 is 2.55 bits per heavy atom. The fourth-order valence-electron chi connectivity index (χ4n) is 3.17. The van der Waals surface area contributed by atoms with Crippen LogP contribution in [0.4, 0.5) is 5.69 Å². The van der Waals surface area contributed by atoms with E-state index in [4.69, 9.17) is 0 Å². The highest BCUT2D eigenvalue weighted by molar-refractivity contribution is 6.39. The topological polar surface area (TPSA) is 62.6 Å². The summed E-state index contributed by atoms with van der Waals surface area (Å²) >= 11 is 0. The van der Waals surface area contributed by atoms with Gasteiger partial charge in [0, 0.05) is 18.5 Å². The Morgan fingerprint density at radius 1 is 1.23 bits per heavy atom. The Morgan fingerprint density at radius 2 is 1.91 bits per heavy atom. The summed E-state index contributed by atoms with van der Waals surface area (Å²) < 4.78 is 0. The molecule has 2 amide bonds. The van der Waals surface area contributed by atoms with Crippen LogP contribution in [0.15, 0.2) is 18.2 Å². The molecular weight excluding hydrogens is 278 g/mol. The maximum absolute atomic E-state index is 12.0. The molecule has 1 saturated heterocycles. The van der Waals surface area contributed by atoms with E-state index in [-0.39, 0.29) is 0 Å². The normalized spacial score (nSPS) is 20.7. The number of carbonyl (C=O) groups is 2. The van der Waals surface area contributed by atoms with Gasteiger partial charge in [-0.15, -0.1) is 0 Å². The predicted octanol–water partition coefficient (Wildman–Crippen LogP) is 0.425. The number of nitrogens with one attached hydrogen (secondary N) is 3. The number of hydrogen-bond acceptors (Lipinski definition) is 2. The van der Waals surface area contributed by atoms with Crippen LogP contribution in [0.25, 0.3) is 0 Å². The molecule has 3 N–H and O–H groups in total. The number of quaternary nitrogens is 1. The van der Waals surface area contributed by atoms with Crippen molar-refractivity contribution in [1.82, 2.24) is 5.32 Å². The van der Waals surface area contributed by atoms with Gasteiger partial charge in [-0.1, -0.05) is 18.2 Å². The average Bonchev–Trinajstić information content (AvgIpc) is 2.96. The minimum atomic E-state index is -0.589. The zero-order valence-corrected chi connectivity index (χ0v) is 13.7. The molecule has 1 fully saturated rings. The fourth-order valence-corrected chi connectivity index (χ4v) is 3.17. The first-order valence-electron chi connectivity index (χ1n) is 8.03. The standard InChI is InChI=1S/C17H25N3O2/c1-4-20-10-6-9-14(20)11-18-16(21)17(22)19-15-12(2)7-5-8-13(15)3/h5,7-8,14H,4,6,9-11H2,1-3H3,(H,18,21)(H,19,22)/p+1/t14-/m1/s1.